The van der Waals surface area contributed by atoms with Crippen LogP contribution < -0.4 is 9.64 Å². The molecule has 0 aromatic carbocycles. The van der Waals surface area contributed by atoms with Gasteiger partial charge in [-0.3, -0.25) is 9.69 Å². The van der Waals surface area contributed by atoms with E-state index in [1.165, 1.54) is 11.3 Å². The molecule has 0 saturated heterocycles. The van der Waals surface area contributed by atoms with Gasteiger partial charge in [-0.15, -0.1) is 11.3 Å². The van der Waals surface area contributed by atoms with Crippen LogP contribution in [0.4, 0.5) is 5.82 Å². The molecule has 0 saturated carbocycles. The van der Waals surface area contributed by atoms with Crippen LogP contribution in [0.25, 0.3) is 0 Å². The summed E-state index contributed by atoms with van der Waals surface area (Å²) in [6.45, 7) is 0. The van der Waals surface area contributed by atoms with E-state index in [9.17, 15) is 4.79 Å². The van der Waals surface area contributed by atoms with Crippen LogP contribution in [0.3, 0.4) is 0 Å². The molecule has 1 aliphatic rings. The van der Waals surface area contributed by atoms with Gasteiger partial charge in [0.15, 0.2) is 11.6 Å². The summed E-state index contributed by atoms with van der Waals surface area (Å²) in [5.74, 6) is 1.14. The molecule has 2 aromatic heterocycles. The van der Waals surface area contributed by atoms with Gasteiger partial charge in [0.05, 0.1) is 4.88 Å². The molecular weight excluding hydrogens is 236 g/mol. The Balaban J connectivity index is 2.05. The molecule has 17 heavy (non-hydrogen) atoms. The Morgan fingerprint density at radius 2 is 2.29 bits per heavy atom. The fourth-order valence-corrected chi connectivity index (χ4v) is 2.55. The van der Waals surface area contributed by atoms with Gasteiger partial charge in [0.2, 0.25) is 6.10 Å². The van der Waals surface area contributed by atoms with Gasteiger partial charge in [-0.05, 0) is 23.6 Å². The zero-order valence-electron chi connectivity index (χ0n) is 9.16. The molecule has 86 valence electrons. The first kappa shape index (κ1) is 10.3. The Morgan fingerprint density at radius 1 is 1.41 bits per heavy atom. The molecule has 1 unspecified atom stereocenters. The number of amides is 1. The average molecular weight is 246 g/mol. The van der Waals surface area contributed by atoms with E-state index in [-0.39, 0.29) is 5.91 Å². The normalized spacial score (nSPS) is 18.8. The number of hydrogen-bond acceptors (Lipinski definition) is 4. The first-order valence-corrected chi connectivity index (χ1v) is 6.08. The predicted molar refractivity (Wildman–Crippen MR) is 65.3 cm³/mol. The minimum Gasteiger partial charge on any atom is -0.471 e. The standard InChI is InChI=1S/C12H10N2O2S/c1-14-11-8(4-2-6-13-11)16-10(12(14)15)9-5-3-7-17-9/h2-7,10H,1H3. The molecule has 1 amide bonds. The summed E-state index contributed by atoms with van der Waals surface area (Å²) in [5.41, 5.74) is 0. The maximum Gasteiger partial charge on any atom is 0.274 e. The monoisotopic (exact) mass is 246 g/mol. The maximum absolute atomic E-state index is 12.2. The number of carbonyl (C=O) groups is 1. The van der Waals surface area contributed by atoms with Crippen LogP contribution in [-0.4, -0.2) is 17.9 Å². The third kappa shape index (κ3) is 1.59. The second kappa shape index (κ2) is 3.85. The molecule has 5 heteroatoms. The number of aromatic nitrogens is 1. The van der Waals surface area contributed by atoms with Crippen LogP contribution >= 0.6 is 11.3 Å². The largest absolute Gasteiger partial charge is 0.471 e. The van der Waals surface area contributed by atoms with E-state index in [4.69, 9.17) is 4.74 Å². The third-order valence-electron chi connectivity index (χ3n) is 2.67. The van der Waals surface area contributed by atoms with Gasteiger partial charge in [0, 0.05) is 13.2 Å². The molecule has 2 aromatic rings. The van der Waals surface area contributed by atoms with Crippen LogP contribution in [0.5, 0.6) is 5.75 Å². The molecule has 3 heterocycles. The van der Waals surface area contributed by atoms with Crippen LogP contribution in [0.15, 0.2) is 35.8 Å². The number of hydrogen-bond donors (Lipinski definition) is 0. The summed E-state index contributed by atoms with van der Waals surface area (Å²) < 4.78 is 5.72. The Hall–Kier alpha value is -1.88. The Bertz CT molecular complexity index is 553. The number of thiophene rings is 1. The van der Waals surface area contributed by atoms with Gasteiger partial charge < -0.3 is 4.74 Å². The summed E-state index contributed by atoms with van der Waals surface area (Å²) in [7, 11) is 1.72. The highest BCUT2D eigenvalue weighted by Crippen LogP contribution is 2.37. The minimum atomic E-state index is -0.545. The number of ether oxygens (including phenoxy) is 1. The molecule has 1 atom stereocenters. The van der Waals surface area contributed by atoms with Gasteiger partial charge in [0.25, 0.3) is 5.91 Å². The molecule has 1 aliphatic heterocycles. The molecular formula is C12H10N2O2S. The number of rotatable bonds is 1. The fourth-order valence-electron chi connectivity index (χ4n) is 1.80. The first-order chi connectivity index (χ1) is 8.27. The number of carbonyl (C=O) groups excluding carboxylic acids is 1. The lowest BCUT2D eigenvalue weighted by Gasteiger charge is -2.30. The van der Waals surface area contributed by atoms with Crippen LogP contribution in [-0.2, 0) is 4.79 Å². The van der Waals surface area contributed by atoms with Crippen LogP contribution in [0, 0.1) is 0 Å². The summed E-state index contributed by atoms with van der Waals surface area (Å²) in [4.78, 5) is 18.8. The zero-order chi connectivity index (χ0) is 11.8. The molecule has 0 bridgehead atoms. The van der Waals surface area contributed by atoms with E-state index in [0.717, 1.165) is 4.88 Å². The number of nitrogens with zero attached hydrogens (tertiary/aromatic N) is 2. The van der Waals surface area contributed by atoms with E-state index in [0.29, 0.717) is 11.6 Å². The lowest BCUT2D eigenvalue weighted by atomic mass is 10.2. The van der Waals surface area contributed by atoms with Crippen LogP contribution in [0.2, 0.25) is 0 Å². The summed E-state index contributed by atoms with van der Waals surface area (Å²) >= 11 is 1.52. The van der Waals surface area contributed by atoms with Crippen molar-refractivity contribution in [3.8, 4) is 5.75 Å². The van der Waals surface area contributed by atoms with E-state index in [1.54, 1.807) is 24.2 Å². The Labute approximate surface area is 102 Å². The van der Waals surface area contributed by atoms with E-state index in [2.05, 4.69) is 4.98 Å². The highest BCUT2D eigenvalue weighted by Gasteiger charge is 2.34. The van der Waals surface area contributed by atoms with E-state index < -0.39 is 6.10 Å². The van der Waals surface area contributed by atoms with Crippen molar-refractivity contribution in [2.75, 3.05) is 11.9 Å². The van der Waals surface area contributed by atoms with Crippen molar-refractivity contribution in [3.05, 3.63) is 40.7 Å². The summed E-state index contributed by atoms with van der Waals surface area (Å²) in [6.07, 6.45) is 1.11. The topological polar surface area (TPSA) is 42.4 Å². The Kier molecular flexibility index (Phi) is 2.33. The van der Waals surface area contributed by atoms with Gasteiger partial charge in [-0.2, -0.15) is 0 Å². The number of fused-ring (bicyclic) bond motifs is 1. The lowest BCUT2D eigenvalue weighted by molar-refractivity contribution is -0.126. The van der Waals surface area contributed by atoms with E-state index in [1.807, 2.05) is 23.6 Å². The van der Waals surface area contributed by atoms with Crippen LogP contribution in [0.1, 0.15) is 11.0 Å². The van der Waals surface area contributed by atoms with Crippen molar-refractivity contribution in [1.29, 1.82) is 0 Å². The molecule has 0 fully saturated rings. The van der Waals surface area contributed by atoms with Crippen molar-refractivity contribution in [3.63, 3.8) is 0 Å². The molecule has 3 rings (SSSR count). The van der Waals surface area contributed by atoms with Gasteiger partial charge in [-0.1, -0.05) is 6.07 Å². The van der Waals surface area contributed by atoms with Crippen molar-refractivity contribution in [2.24, 2.45) is 0 Å². The van der Waals surface area contributed by atoms with Crippen molar-refractivity contribution in [1.82, 2.24) is 4.98 Å². The minimum absolute atomic E-state index is 0.0846. The summed E-state index contributed by atoms with van der Waals surface area (Å²) in [6, 6.07) is 7.44. The number of likely N-dealkylation sites (N-methyl/N-ethyl adjacent to an activating group) is 1. The highest BCUT2D eigenvalue weighted by atomic mass is 32.1. The van der Waals surface area contributed by atoms with Gasteiger partial charge in [-0.25, -0.2) is 4.98 Å². The van der Waals surface area contributed by atoms with Crippen molar-refractivity contribution >= 4 is 23.1 Å². The van der Waals surface area contributed by atoms with Gasteiger partial charge in [0.1, 0.15) is 0 Å². The predicted octanol–water partition coefficient (Wildman–Crippen LogP) is 2.24. The Morgan fingerprint density at radius 3 is 3.06 bits per heavy atom. The quantitative estimate of drug-likeness (QED) is 0.775. The zero-order valence-corrected chi connectivity index (χ0v) is 9.98. The summed E-state index contributed by atoms with van der Waals surface area (Å²) in [5, 5.41) is 1.94. The van der Waals surface area contributed by atoms with Gasteiger partial charge >= 0.3 is 0 Å². The average Bonchev–Trinajstić information content (AvgIpc) is 2.87. The maximum atomic E-state index is 12.2. The SMILES string of the molecule is CN1C(=O)C(c2cccs2)Oc2cccnc21. The number of pyridine rings is 1. The molecule has 0 N–H and O–H groups in total. The second-order valence-electron chi connectivity index (χ2n) is 3.74. The molecule has 4 nitrogen and oxygen atoms in total. The first-order valence-electron chi connectivity index (χ1n) is 5.20. The lowest BCUT2D eigenvalue weighted by Crippen LogP contribution is -2.38. The number of anilines is 1. The van der Waals surface area contributed by atoms with Crippen molar-refractivity contribution in [2.45, 2.75) is 6.10 Å². The molecule has 0 spiro atoms. The molecule has 0 radical (unpaired) electrons. The molecule has 0 aliphatic carbocycles. The second-order valence-corrected chi connectivity index (χ2v) is 4.71. The smallest absolute Gasteiger partial charge is 0.274 e. The van der Waals surface area contributed by atoms with E-state index >= 15 is 0 Å². The highest BCUT2D eigenvalue weighted by molar-refractivity contribution is 7.10. The van der Waals surface area contributed by atoms with Crippen molar-refractivity contribution < 1.29 is 9.53 Å². The fraction of sp³-hybridized carbons (Fsp3) is 0.167. The third-order valence-corrected chi connectivity index (χ3v) is 3.59.